The lowest BCUT2D eigenvalue weighted by atomic mass is 9.59. The second-order valence-corrected chi connectivity index (χ2v) is 7.94. The first-order valence-electron chi connectivity index (χ1n) is 9.04. The average Bonchev–Trinajstić information content (AvgIpc) is 3.14. The lowest BCUT2D eigenvalue weighted by molar-refractivity contribution is 0.0489. The monoisotopic (exact) mass is 342 g/mol. The molecular weight excluding hydrogens is 316 g/mol. The molecule has 2 atom stereocenters. The van der Waals surface area contributed by atoms with Gasteiger partial charge in [0.1, 0.15) is 5.76 Å². The highest BCUT2D eigenvalue weighted by atomic mass is 16.7. The molecule has 2 heterocycles. The van der Waals surface area contributed by atoms with E-state index in [0.717, 1.165) is 36.7 Å². The number of rotatable bonds is 2. The Morgan fingerprint density at radius 1 is 1.36 bits per heavy atom. The summed E-state index contributed by atoms with van der Waals surface area (Å²) in [5.74, 6) is 0.724. The minimum absolute atomic E-state index is 0.0154. The summed E-state index contributed by atoms with van der Waals surface area (Å²) in [5.41, 5.74) is 3.35. The minimum Gasteiger partial charge on any atom is -0.437 e. The molecule has 2 unspecified atom stereocenters. The van der Waals surface area contributed by atoms with E-state index >= 15 is 0 Å². The number of hydrogen-bond acceptors (Lipinski definition) is 5. The topological polar surface area (TPSA) is 50.8 Å². The van der Waals surface area contributed by atoms with Crippen LogP contribution in [0.15, 0.2) is 35.7 Å². The number of hydrogen-bond donors (Lipinski definition) is 1. The van der Waals surface area contributed by atoms with Gasteiger partial charge in [0.15, 0.2) is 0 Å². The summed E-state index contributed by atoms with van der Waals surface area (Å²) in [7, 11) is 1.35. The molecule has 5 heteroatoms. The predicted molar refractivity (Wildman–Crippen MR) is 96.3 cm³/mol. The second-order valence-electron chi connectivity index (χ2n) is 7.94. The Hall–Kier alpha value is -2.01. The Kier molecular flexibility index (Phi) is 3.62. The molecule has 1 aliphatic carbocycles. The van der Waals surface area contributed by atoms with Gasteiger partial charge in [0.25, 0.3) is 0 Å². The largest absolute Gasteiger partial charge is 0.513 e. The SMILES string of the molecule is CCN1CCC23C(=C(OC(=O)OC)CC(C)(C)C12)Nc1ccccc13. The Morgan fingerprint density at radius 3 is 2.84 bits per heavy atom. The van der Waals surface area contributed by atoms with Gasteiger partial charge in [-0.05, 0) is 36.6 Å². The zero-order valence-corrected chi connectivity index (χ0v) is 15.4. The van der Waals surface area contributed by atoms with Crippen LogP contribution in [-0.2, 0) is 14.9 Å². The van der Waals surface area contributed by atoms with E-state index < -0.39 is 6.16 Å². The first-order chi connectivity index (χ1) is 11.9. The summed E-state index contributed by atoms with van der Waals surface area (Å²) in [6, 6.07) is 8.86. The molecule has 3 aliphatic rings. The summed E-state index contributed by atoms with van der Waals surface area (Å²) >= 11 is 0. The summed E-state index contributed by atoms with van der Waals surface area (Å²) in [6.45, 7) is 8.87. The van der Waals surface area contributed by atoms with Gasteiger partial charge >= 0.3 is 6.16 Å². The quantitative estimate of drug-likeness (QED) is 0.827. The molecule has 134 valence electrons. The van der Waals surface area contributed by atoms with Crippen molar-refractivity contribution < 1.29 is 14.3 Å². The van der Waals surface area contributed by atoms with E-state index in [0.29, 0.717) is 12.5 Å². The standard InChI is InChI=1S/C20H26N2O3/c1-5-22-11-10-20-13-8-6-7-9-14(13)21-16(20)15(25-18(23)24-4)12-19(2,3)17(20)22/h6-9,17,21H,5,10-12H2,1-4H3. The lowest BCUT2D eigenvalue weighted by Crippen LogP contribution is -2.55. The Morgan fingerprint density at radius 2 is 2.12 bits per heavy atom. The number of anilines is 1. The van der Waals surface area contributed by atoms with Gasteiger partial charge in [0, 0.05) is 18.2 Å². The Balaban J connectivity index is 1.94. The number of nitrogens with zero attached hydrogens (tertiary/aromatic N) is 1. The molecule has 2 aliphatic heterocycles. The lowest BCUT2D eigenvalue weighted by Gasteiger charge is -2.50. The molecule has 0 aromatic heterocycles. The van der Waals surface area contributed by atoms with Gasteiger partial charge in [-0.2, -0.15) is 0 Å². The van der Waals surface area contributed by atoms with Gasteiger partial charge in [-0.25, -0.2) is 4.79 Å². The molecule has 25 heavy (non-hydrogen) atoms. The number of likely N-dealkylation sites (N-methyl/N-ethyl adjacent to an activating group) is 1. The Bertz CT molecular complexity index is 755. The number of benzene rings is 1. The molecule has 1 aromatic carbocycles. The van der Waals surface area contributed by atoms with E-state index in [-0.39, 0.29) is 10.8 Å². The molecule has 1 aromatic rings. The van der Waals surface area contributed by atoms with Crippen LogP contribution in [0, 0.1) is 5.41 Å². The molecule has 0 amide bonds. The van der Waals surface area contributed by atoms with E-state index in [2.05, 4.69) is 49.2 Å². The molecule has 1 N–H and O–H groups in total. The van der Waals surface area contributed by atoms with Crippen molar-refractivity contribution in [3.63, 3.8) is 0 Å². The van der Waals surface area contributed by atoms with Crippen LogP contribution in [0.4, 0.5) is 10.5 Å². The molecule has 1 spiro atoms. The van der Waals surface area contributed by atoms with Crippen molar-refractivity contribution in [1.82, 2.24) is 4.90 Å². The number of methoxy groups -OCH3 is 1. The maximum Gasteiger partial charge on any atom is 0.513 e. The predicted octanol–water partition coefficient (Wildman–Crippen LogP) is 3.87. The first kappa shape index (κ1) is 16.5. The van der Waals surface area contributed by atoms with E-state index in [1.165, 1.54) is 12.7 Å². The van der Waals surface area contributed by atoms with Crippen molar-refractivity contribution in [2.24, 2.45) is 5.41 Å². The zero-order chi connectivity index (χ0) is 17.8. The number of likely N-dealkylation sites (tertiary alicyclic amines) is 1. The van der Waals surface area contributed by atoms with Crippen LogP contribution in [0.2, 0.25) is 0 Å². The van der Waals surface area contributed by atoms with Gasteiger partial charge in [-0.3, -0.25) is 4.90 Å². The van der Waals surface area contributed by atoms with Gasteiger partial charge in [-0.15, -0.1) is 0 Å². The average molecular weight is 342 g/mol. The molecule has 0 radical (unpaired) electrons. The van der Waals surface area contributed by atoms with Crippen molar-refractivity contribution in [3.8, 4) is 0 Å². The van der Waals surface area contributed by atoms with Gasteiger partial charge < -0.3 is 14.8 Å². The highest BCUT2D eigenvalue weighted by Gasteiger charge is 2.63. The van der Waals surface area contributed by atoms with Crippen LogP contribution < -0.4 is 5.32 Å². The smallest absolute Gasteiger partial charge is 0.437 e. The zero-order valence-electron chi connectivity index (χ0n) is 15.4. The number of nitrogens with one attached hydrogen (secondary N) is 1. The number of para-hydroxylation sites is 1. The fraction of sp³-hybridized carbons (Fsp3) is 0.550. The number of allylic oxidation sites excluding steroid dienone is 1. The highest BCUT2D eigenvalue weighted by molar-refractivity contribution is 5.72. The van der Waals surface area contributed by atoms with Crippen molar-refractivity contribution in [2.45, 2.75) is 45.1 Å². The fourth-order valence-electron chi connectivity index (χ4n) is 5.45. The van der Waals surface area contributed by atoms with Crippen molar-refractivity contribution in [1.29, 1.82) is 0 Å². The third-order valence-electron chi connectivity index (χ3n) is 6.15. The maximum absolute atomic E-state index is 11.8. The van der Waals surface area contributed by atoms with Gasteiger partial charge in [0.05, 0.1) is 18.2 Å². The second kappa shape index (κ2) is 5.49. The maximum atomic E-state index is 11.8. The van der Waals surface area contributed by atoms with Gasteiger partial charge in [0.2, 0.25) is 0 Å². The van der Waals surface area contributed by atoms with Crippen LogP contribution in [-0.4, -0.2) is 37.3 Å². The number of carbonyl (C=O) groups excluding carboxylic acids is 1. The van der Waals surface area contributed by atoms with Gasteiger partial charge in [-0.1, -0.05) is 39.0 Å². The summed E-state index contributed by atoms with van der Waals surface area (Å²) < 4.78 is 10.4. The molecule has 1 fully saturated rings. The van der Waals surface area contributed by atoms with Crippen LogP contribution in [0.5, 0.6) is 0 Å². The van der Waals surface area contributed by atoms with E-state index in [1.807, 2.05) is 6.07 Å². The van der Waals surface area contributed by atoms with Crippen LogP contribution in [0.1, 0.15) is 39.2 Å². The van der Waals surface area contributed by atoms with Crippen molar-refractivity contribution in [3.05, 3.63) is 41.3 Å². The molecule has 0 saturated carbocycles. The third-order valence-corrected chi connectivity index (χ3v) is 6.15. The van der Waals surface area contributed by atoms with Crippen LogP contribution in [0.25, 0.3) is 0 Å². The Labute approximate surface area is 149 Å². The van der Waals surface area contributed by atoms with Crippen LogP contribution in [0.3, 0.4) is 0 Å². The number of ether oxygens (including phenoxy) is 2. The minimum atomic E-state index is -0.644. The fourth-order valence-corrected chi connectivity index (χ4v) is 5.45. The van der Waals surface area contributed by atoms with Crippen molar-refractivity contribution >= 4 is 11.8 Å². The van der Waals surface area contributed by atoms with E-state index in [9.17, 15) is 4.79 Å². The summed E-state index contributed by atoms with van der Waals surface area (Å²) in [5, 5.41) is 3.58. The number of carbonyl (C=O) groups is 1. The molecule has 0 bridgehead atoms. The van der Waals surface area contributed by atoms with E-state index in [1.54, 1.807) is 0 Å². The summed E-state index contributed by atoms with van der Waals surface area (Å²) in [6.07, 6.45) is 1.10. The highest BCUT2D eigenvalue weighted by Crippen LogP contribution is 2.61. The molecule has 5 nitrogen and oxygen atoms in total. The molecule has 1 saturated heterocycles. The molecule has 4 rings (SSSR count). The van der Waals surface area contributed by atoms with Crippen molar-refractivity contribution in [2.75, 3.05) is 25.5 Å². The van der Waals surface area contributed by atoms with Crippen LogP contribution >= 0.6 is 0 Å². The number of fused-ring (bicyclic) bond motifs is 1. The normalized spacial score (nSPS) is 29.5. The van der Waals surface area contributed by atoms with E-state index in [4.69, 9.17) is 9.47 Å². The molecular formula is C20H26N2O3. The summed E-state index contributed by atoms with van der Waals surface area (Å²) in [4.78, 5) is 14.4. The first-order valence-corrected chi connectivity index (χ1v) is 9.04. The third kappa shape index (κ3) is 2.15.